The van der Waals surface area contributed by atoms with Crippen molar-refractivity contribution >= 4 is 35.9 Å². The van der Waals surface area contributed by atoms with Gasteiger partial charge in [-0.3, -0.25) is 9.79 Å². The Labute approximate surface area is 183 Å². The van der Waals surface area contributed by atoms with Crippen LogP contribution in [0.15, 0.2) is 4.99 Å². The Bertz CT molecular complexity index is 399. The van der Waals surface area contributed by atoms with Gasteiger partial charge in [0.05, 0.1) is 7.11 Å². The van der Waals surface area contributed by atoms with Crippen molar-refractivity contribution in [3.63, 3.8) is 0 Å². The number of methoxy groups -OCH3 is 1. The quantitative estimate of drug-likeness (QED) is 0.143. The van der Waals surface area contributed by atoms with E-state index in [1.807, 2.05) is 0 Å². The number of unbranched alkanes of at least 4 members (excludes halogenated alkanes) is 3. The van der Waals surface area contributed by atoms with Gasteiger partial charge in [0.25, 0.3) is 0 Å². The Balaban J connectivity index is 0.00000676. The van der Waals surface area contributed by atoms with E-state index in [2.05, 4.69) is 39.1 Å². The van der Waals surface area contributed by atoms with Gasteiger partial charge in [0, 0.05) is 26.1 Å². The zero-order chi connectivity index (χ0) is 19.0. The zero-order valence-electron chi connectivity index (χ0n) is 17.6. The maximum absolute atomic E-state index is 11.0. The van der Waals surface area contributed by atoms with Crippen molar-refractivity contribution in [2.24, 2.45) is 10.9 Å². The summed E-state index contributed by atoms with van der Waals surface area (Å²) in [5.41, 5.74) is 0. The number of hydrogen-bond acceptors (Lipinski definition) is 4. The third kappa shape index (κ3) is 14.1. The fraction of sp³-hybridized carbons (Fsp3) is 0.900. The molecule has 0 saturated carbocycles. The number of ether oxygens (including phenoxy) is 1. The Morgan fingerprint density at radius 1 is 1.11 bits per heavy atom. The maximum atomic E-state index is 11.0. The molecule has 6 nitrogen and oxygen atoms in total. The molecule has 0 aliphatic carbocycles. The number of nitrogens with zero attached hydrogens (tertiary/aromatic N) is 2. The summed E-state index contributed by atoms with van der Waals surface area (Å²) in [6, 6.07) is 0. The lowest BCUT2D eigenvalue weighted by Crippen LogP contribution is -2.38. The summed E-state index contributed by atoms with van der Waals surface area (Å²) in [6.07, 6.45) is 8.53. The van der Waals surface area contributed by atoms with Crippen LogP contribution >= 0.6 is 24.0 Å². The summed E-state index contributed by atoms with van der Waals surface area (Å²) in [4.78, 5) is 18.3. The van der Waals surface area contributed by atoms with E-state index in [-0.39, 0.29) is 29.9 Å². The molecule has 0 radical (unpaired) electrons. The average Bonchev–Trinajstić information content (AvgIpc) is 2.65. The van der Waals surface area contributed by atoms with E-state index in [9.17, 15) is 4.79 Å². The molecule has 0 aromatic heterocycles. The molecule has 1 fully saturated rings. The number of halogens is 1. The highest BCUT2D eigenvalue weighted by Crippen LogP contribution is 2.15. The second-order valence-corrected chi connectivity index (χ2v) is 7.31. The number of aliphatic imine (C=N–C) groups is 1. The van der Waals surface area contributed by atoms with Gasteiger partial charge in [-0.25, -0.2) is 0 Å². The van der Waals surface area contributed by atoms with Gasteiger partial charge in [-0.15, -0.1) is 24.0 Å². The molecule has 0 amide bonds. The fourth-order valence-corrected chi connectivity index (χ4v) is 3.17. The predicted octanol–water partition coefficient (Wildman–Crippen LogP) is 3.41. The van der Waals surface area contributed by atoms with Gasteiger partial charge < -0.3 is 20.3 Å². The first kappa shape index (κ1) is 26.4. The van der Waals surface area contributed by atoms with Gasteiger partial charge >= 0.3 is 5.97 Å². The highest BCUT2D eigenvalue weighted by molar-refractivity contribution is 14.0. The van der Waals surface area contributed by atoms with E-state index in [1.54, 1.807) is 0 Å². The van der Waals surface area contributed by atoms with Crippen LogP contribution in [0.3, 0.4) is 0 Å². The van der Waals surface area contributed by atoms with Gasteiger partial charge in [-0.05, 0) is 64.6 Å². The van der Waals surface area contributed by atoms with Gasteiger partial charge in [0.15, 0.2) is 5.96 Å². The van der Waals surface area contributed by atoms with Crippen LogP contribution in [-0.4, -0.2) is 63.2 Å². The van der Waals surface area contributed by atoms with E-state index in [1.165, 1.54) is 33.0 Å². The Morgan fingerprint density at radius 3 is 2.48 bits per heavy atom. The van der Waals surface area contributed by atoms with Crippen LogP contribution < -0.4 is 10.6 Å². The largest absolute Gasteiger partial charge is 0.469 e. The van der Waals surface area contributed by atoms with Crippen molar-refractivity contribution in [1.29, 1.82) is 0 Å². The summed E-state index contributed by atoms with van der Waals surface area (Å²) in [5, 5.41) is 6.72. The van der Waals surface area contributed by atoms with Crippen molar-refractivity contribution < 1.29 is 9.53 Å². The normalized spacial score (nSPS) is 15.9. The Morgan fingerprint density at radius 2 is 1.81 bits per heavy atom. The molecule has 0 aromatic carbocycles. The predicted molar refractivity (Wildman–Crippen MR) is 124 cm³/mol. The summed E-state index contributed by atoms with van der Waals surface area (Å²) >= 11 is 0. The van der Waals surface area contributed by atoms with Crippen molar-refractivity contribution in [3.05, 3.63) is 0 Å². The second kappa shape index (κ2) is 17.5. The number of nitrogens with one attached hydrogen (secondary N) is 2. The number of piperidine rings is 1. The average molecular weight is 496 g/mol. The Kier molecular flexibility index (Phi) is 17.2. The number of hydrogen-bond donors (Lipinski definition) is 2. The van der Waals surface area contributed by atoms with Gasteiger partial charge in [0.1, 0.15) is 0 Å². The standard InChI is InChI=1S/C20H40N4O2.HI/c1-4-21-20(22-13-8-6-5-7-10-19(25)26-3)23-14-9-15-24-16-11-18(2)12-17-24;/h18H,4-17H2,1-3H3,(H2,21,22,23);1H. The number of carbonyl (C=O) groups is 1. The highest BCUT2D eigenvalue weighted by atomic mass is 127. The number of carbonyl (C=O) groups excluding carboxylic acids is 1. The molecule has 1 aliphatic rings. The van der Waals surface area contributed by atoms with Crippen molar-refractivity contribution in [2.75, 3.05) is 46.4 Å². The molecule has 0 aromatic rings. The van der Waals surface area contributed by atoms with Crippen LogP contribution in [0.1, 0.15) is 65.2 Å². The number of likely N-dealkylation sites (tertiary alicyclic amines) is 1. The van der Waals surface area contributed by atoms with Crippen molar-refractivity contribution in [2.45, 2.75) is 65.2 Å². The molecule has 2 N–H and O–H groups in total. The molecule has 0 spiro atoms. The zero-order valence-corrected chi connectivity index (χ0v) is 19.9. The lowest BCUT2D eigenvalue weighted by Gasteiger charge is -2.29. The summed E-state index contributed by atoms with van der Waals surface area (Å²) < 4.78 is 4.65. The van der Waals surface area contributed by atoms with Crippen LogP contribution in [0.2, 0.25) is 0 Å². The minimum atomic E-state index is -0.108. The molecule has 7 heteroatoms. The molecule has 1 saturated heterocycles. The molecular formula is C20H41IN4O2. The molecule has 1 heterocycles. The van der Waals surface area contributed by atoms with Gasteiger partial charge in [-0.2, -0.15) is 0 Å². The van der Waals surface area contributed by atoms with Crippen molar-refractivity contribution in [1.82, 2.24) is 15.5 Å². The van der Waals surface area contributed by atoms with Crippen molar-refractivity contribution in [3.8, 4) is 0 Å². The lowest BCUT2D eigenvalue weighted by molar-refractivity contribution is -0.140. The van der Waals surface area contributed by atoms with E-state index >= 15 is 0 Å². The van der Waals surface area contributed by atoms with E-state index in [4.69, 9.17) is 0 Å². The molecule has 160 valence electrons. The van der Waals surface area contributed by atoms with E-state index in [0.29, 0.717) is 6.42 Å². The minimum absolute atomic E-state index is 0. The number of esters is 1. The van der Waals surface area contributed by atoms with E-state index in [0.717, 1.165) is 70.2 Å². The summed E-state index contributed by atoms with van der Waals surface area (Å²) in [7, 11) is 1.45. The second-order valence-electron chi connectivity index (χ2n) is 7.31. The number of guanidine groups is 1. The topological polar surface area (TPSA) is 66.0 Å². The SMILES string of the molecule is CCNC(=NCCCN1CCC(C)CC1)NCCCCCCC(=O)OC.I. The fourth-order valence-electron chi connectivity index (χ4n) is 3.17. The first-order chi connectivity index (χ1) is 12.7. The molecular weight excluding hydrogens is 455 g/mol. The molecule has 1 rings (SSSR count). The maximum Gasteiger partial charge on any atom is 0.305 e. The third-order valence-corrected chi connectivity index (χ3v) is 4.95. The van der Waals surface area contributed by atoms with Crippen LogP contribution in [0.25, 0.3) is 0 Å². The minimum Gasteiger partial charge on any atom is -0.469 e. The third-order valence-electron chi connectivity index (χ3n) is 4.95. The first-order valence-corrected chi connectivity index (χ1v) is 10.5. The summed E-state index contributed by atoms with van der Waals surface area (Å²) in [5.74, 6) is 1.72. The molecule has 0 atom stereocenters. The van der Waals surface area contributed by atoms with Gasteiger partial charge in [-0.1, -0.05) is 19.8 Å². The number of rotatable bonds is 12. The smallest absolute Gasteiger partial charge is 0.305 e. The monoisotopic (exact) mass is 496 g/mol. The van der Waals surface area contributed by atoms with Crippen LogP contribution in [-0.2, 0) is 9.53 Å². The molecule has 0 bridgehead atoms. The Hall–Kier alpha value is -0.570. The van der Waals surface area contributed by atoms with E-state index < -0.39 is 0 Å². The van der Waals surface area contributed by atoms with Crippen LogP contribution in [0.5, 0.6) is 0 Å². The van der Waals surface area contributed by atoms with Gasteiger partial charge in [0.2, 0.25) is 0 Å². The molecule has 1 aliphatic heterocycles. The molecule has 0 unspecified atom stereocenters. The first-order valence-electron chi connectivity index (χ1n) is 10.5. The molecule has 27 heavy (non-hydrogen) atoms. The van der Waals surface area contributed by atoms with Crippen LogP contribution in [0, 0.1) is 5.92 Å². The van der Waals surface area contributed by atoms with Crippen LogP contribution in [0.4, 0.5) is 0 Å². The highest BCUT2D eigenvalue weighted by Gasteiger charge is 2.14. The summed E-state index contributed by atoms with van der Waals surface area (Å²) in [6.45, 7) is 10.8. The lowest BCUT2D eigenvalue weighted by atomic mass is 9.99.